The van der Waals surface area contributed by atoms with Crippen molar-refractivity contribution in [3.05, 3.63) is 34.4 Å². The van der Waals surface area contributed by atoms with Gasteiger partial charge in [-0.3, -0.25) is 11.3 Å². The van der Waals surface area contributed by atoms with Crippen molar-refractivity contribution in [3.63, 3.8) is 0 Å². The molecule has 1 aromatic rings. The van der Waals surface area contributed by atoms with Gasteiger partial charge in [-0.2, -0.15) is 0 Å². The van der Waals surface area contributed by atoms with Crippen LogP contribution in [-0.2, 0) is 0 Å². The lowest BCUT2D eigenvalue weighted by molar-refractivity contribution is 0.216. The fraction of sp³-hybridized carbons (Fsp3) is 0.600. The summed E-state index contributed by atoms with van der Waals surface area (Å²) in [6.07, 6.45) is 5.39. The van der Waals surface area contributed by atoms with Crippen molar-refractivity contribution >= 4 is 11.6 Å². The van der Waals surface area contributed by atoms with Gasteiger partial charge >= 0.3 is 0 Å². The van der Waals surface area contributed by atoms with Gasteiger partial charge in [0.1, 0.15) is 11.6 Å². The molecule has 1 saturated carbocycles. The first-order chi connectivity index (χ1) is 9.56. The van der Waals surface area contributed by atoms with Crippen LogP contribution in [-0.4, -0.2) is 0 Å². The van der Waals surface area contributed by atoms with Gasteiger partial charge in [-0.1, -0.05) is 37.8 Å². The molecule has 0 aliphatic heterocycles. The van der Waals surface area contributed by atoms with E-state index < -0.39 is 11.6 Å². The highest BCUT2D eigenvalue weighted by Crippen LogP contribution is 2.38. The molecular formula is C15H21ClF2N2. The molecule has 0 spiro atoms. The summed E-state index contributed by atoms with van der Waals surface area (Å²) in [5.41, 5.74) is 2.93. The number of nitrogens with two attached hydrogens (primary N) is 1. The van der Waals surface area contributed by atoms with E-state index >= 15 is 0 Å². The molecule has 0 heterocycles. The fourth-order valence-corrected chi connectivity index (χ4v) is 3.34. The van der Waals surface area contributed by atoms with E-state index in [1.54, 1.807) is 0 Å². The molecule has 1 fully saturated rings. The van der Waals surface area contributed by atoms with Gasteiger partial charge in [0, 0.05) is 5.56 Å². The molecule has 1 atom stereocenters. The SMILES string of the molecule is CCC1CCC(C(NN)c2cc(F)c(Cl)cc2F)CC1. The Morgan fingerprint density at radius 1 is 1.25 bits per heavy atom. The summed E-state index contributed by atoms with van der Waals surface area (Å²) in [6.45, 7) is 2.19. The standard InChI is InChI=1S/C15H21ClF2N2/c1-2-9-3-5-10(6-4-9)15(20-19)11-7-14(18)12(16)8-13(11)17/h7-10,15,20H,2-6,19H2,1H3. The average molecular weight is 303 g/mol. The molecule has 2 nitrogen and oxygen atoms in total. The molecule has 0 bridgehead atoms. The maximum atomic E-state index is 14.0. The zero-order valence-electron chi connectivity index (χ0n) is 11.6. The number of rotatable bonds is 4. The minimum atomic E-state index is -0.606. The van der Waals surface area contributed by atoms with Gasteiger partial charge in [-0.15, -0.1) is 0 Å². The third-order valence-electron chi connectivity index (χ3n) is 4.49. The zero-order chi connectivity index (χ0) is 14.7. The smallest absolute Gasteiger partial charge is 0.142 e. The number of hydrogen-bond acceptors (Lipinski definition) is 2. The van der Waals surface area contributed by atoms with E-state index in [0.717, 1.165) is 43.7 Å². The van der Waals surface area contributed by atoms with Crippen LogP contribution in [0, 0.1) is 23.5 Å². The van der Waals surface area contributed by atoms with E-state index in [0.29, 0.717) is 0 Å². The molecule has 1 aliphatic rings. The quantitative estimate of drug-likeness (QED) is 0.493. The van der Waals surface area contributed by atoms with Gasteiger partial charge in [0.2, 0.25) is 0 Å². The van der Waals surface area contributed by atoms with Gasteiger partial charge in [-0.05, 0) is 36.8 Å². The van der Waals surface area contributed by atoms with Gasteiger partial charge in [0.15, 0.2) is 0 Å². The summed E-state index contributed by atoms with van der Waals surface area (Å²) in [5.74, 6) is 5.46. The first-order valence-electron chi connectivity index (χ1n) is 7.17. The molecule has 5 heteroatoms. The molecule has 0 amide bonds. The van der Waals surface area contributed by atoms with Crippen molar-refractivity contribution in [1.29, 1.82) is 0 Å². The van der Waals surface area contributed by atoms with E-state index in [9.17, 15) is 8.78 Å². The van der Waals surface area contributed by atoms with Gasteiger partial charge in [-0.25, -0.2) is 8.78 Å². The summed E-state index contributed by atoms with van der Waals surface area (Å²) in [7, 11) is 0. The summed E-state index contributed by atoms with van der Waals surface area (Å²) in [6, 6.07) is 1.82. The van der Waals surface area contributed by atoms with Gasteiger partial charge in [0.25, 0.3) is 0 Å². The second-order valence-electron chi connectivity index (χ2n) is 5.62. The Hall–Kier alpha value is -0.710. The Morgan fingerprint density at radius 2 is 1.90 bits per heavy atom. The number of hydrogen-bond donors (Lipinski definition) is 2. The first kappa shape index (κ1) is 15.7. The second kappa shape index (κ2) is 6.83. The summed E-state index contributed by atoms with van der Waals surface area (Å²) in [4.78, 5) is 0. The van der Waals surface area contributed by atoms with Crippen LogP contribution in [0.5, 0.6) is 0 Å². The van der Waals surface area contributed by atoms with Crippen molar-refractivity contribution in [1.82, 2.24) is 5.43 Å². The van der Waals surface area contributed by atoms with Crippen molar-refractivity contribution in [3.8, 4) is 0 Å². The Labute approximate surface area is 123 Å². The fourth-order valence-electron chi connectivity index (χ4n) is 3.19. The molecule has 3 N–H and O–H groups in total. The molecule has 0 saturated heterocycles. The molecule has 0 aromatic heterocycles. The van der Waals surface area contributed by atoms with Crippen LogP contribution in [0.4, 0.5) is 8.78 Å². The van der Waals surface area contributed by atoms with Crippen LogP contribution < -0.4 is 11.3 Å². The maximum absolute atomic E-state index is 14.0. The Balaban J connectivity index is 2.18. The Kier molecular flexibility index (Phi) is 5.35. The van der Waals surface area contributed by atoms with Crippen LogP contribution in [0.1, 0.15) is 50.6 Å². The van der Waals surface area contributed by atoms with E-state index in [-0.39, 0.29) is 22.5 Å². The summed E-state index contributed by atoms with van der Waals surface area (Å²) < 4.78 is 27.6. The van der Waals surface area contributed by atoms with Crippen LogP contribution >= 0.6 is 11.6 Å². The van der Waals surface area contributed by atoms with Crippen LogP contribution in [0.15, 0.2) is 12.1 Å². The topological polar surface area (TPSA) is 38.0 Å². The normalized spacial score (nSPS) is 24.6. The molecule has 1 aliphatic carbocycles. The number of benzene rings is 1. The highest BCUT2D eigenvalue weighted by atomic mass is 35.5. The molecule has 112 valence electrons. The Morgan fingerprint density at radius 3 is 2.45 bits per heavy atom. The highest BCUT2D eigenvalue weighted by Gasteiger charge is 2.29. The predicted octanol–water partition coefficient (Wildman–Crippen LogP) is 4.34. The molecule has 2 rings (SSSR count). The van der Waals surface area contributed by atoms with Crippen molar-refractivity contribution in [2.75, 3.05) is 0 Å². The van der Waals surface area contributed by atoms with E-state index in [2.05, 4.69) is 12.3 Å². The van der Waals surface area contributed by atoms with Crippen molar-refractivity contribution < 1.29 is 8.78 Å². The number of halogens is 3. The van der Waals surface area contributed by atoms with Crippen LogP contribution in [0.2, 0.25) is 5.02 Å². The summed E-state index contributed by atoms with van der Waals surface area (Å²) >= 11 is 5.59. The highest BCUT2D eigenvalue weighted by molar-refractivity contribution is 6.30. The predicted molar refractivity (Wildman–Crippen MR) is 77.2 cm³/mol. The molecule has 1 aromatic carbocycles. The first-order valence-corrected chi connectivity index (χ1v) is 7.55. The van der Waals surface area contributed by atoms with Crippen molar-refractivity contribution in [2.24, 2.45) is 17.7 Å². The minimum absolute atomic E-state index is 0.197. The van der Waals surface area contributed by atoms with E-state index in [1.165, 1.54) is 6.42 Å². The lowest BCUT2D eigenvalue weighted by Gasteiger charge is -2.33. The van der Waals surface area contributed by atoms with Crippen LogP contribution in [0.3, 0.4) is 0 Å². The van der Waals surface area contributed by atoms with Gasteiger partial charge < -0.3 is 0 Å². The van der Waals surface area contributed by atoms with Gasteiger partial charge in [0.05, 0.1) is 11.1 Å². The van der Waals surface area contributed by atoms with Crippen LogP contribution in [0.25, 0.3) is 0 Å². The molecule has 20 heavy (non-hydrogen) atoms. The number of hydrazine groups is 1. The minimum Gasteiger partial charge on any atom is -0.271 e. The molecule has 0 radical (unpaired) electrons. The molecular weight excluding hydrogens is 282 g/mol. The lowest BCUT2D eigenvalue weighted by atomic mass is 9.76. The maximum Gasteiger partial charge on any atom is 0.142 e. The largest absolute Gasteiger partial charge is 0.271 e. The third kappa shape index (κ3) is 3.30. The third-order valence-corrected chi connectivity index (χ3v) is 4.78. The second-order valence-corrected chi connectivity index (χ2v) is 6.03. The lowest BCUT2D eigenvalue weighted by Crippen LogP contribution is -2.36. The number of nitrogens with one attached hydrogen (secondary N) is 1. The summed E-state index contributed by atoms with van der Waals surface area (Å²) in [5, 5.41) is -0.197. The monoisotopic (exact) mass is 302 g/mol. The van der Waals surface area contributed by atoms with E-state index in [4.69, 9.17) is 17.4 Å². The zero-order valence-corrected chi connectivity index (χ0v) is 12.4. The average Bonchev–Trinajstić information content (AvgIpc) is 2.46. The Bertz CT molecular complexity index is 459. The van der Waals surface area contributed by atoms with E-state index in [1.807, 2.05) is 0 Å². The van der Waals surface area contributed by atoms with Crippen molar-refractivity contribution in [2.45, 2.75) is 45.1 Å². The molecule has 1 unspecified atom stereocenters.